The fourth-order valence-corrected chi connectivity index (χ4v) is 2.28. The lowest BCUT2D eigenvalue weighted by Crippen LogP contribution is -2.29. The Morgan fingerprint density at radius 1 is 1.26 bits per heavy atom. The van der Waals surface area contributed by atoms with Gasteiger partial charge in [-0.05, 0) is 38.1 Å². The average molecular weight is 259 g/mol. The van der Waals surface area contributed by atoms with Gasteiger partial charge in [0, 0.05) is 19.6 Å². The number of nitrogens with zero attached hydrogens (tertiary/aromatic N) is 2. The molecule has 1 saturated heterocycles. The van der Waals surface area contributed by atoms with E-state index < -0.39 is 0 Å². The quantitative estimate of drug-likeness (QED) is 0.816. The molecule has 4 nitrogen and oxygen atoms in total. The van der Waals surface area contributed by atoms with Crippen LogP contribution in [0.25, 0.3) is 0 Å². The lowest BCUT2D eigenvalue weighted by Gasteiger charge is -2.19. The van der Waals surface area contributed by atoms with Crippen molar-refractivity contribution in [3.8, 4) is 11.8 Å². The number of para-hydroxylation sites is 1. The van der Waals surface area contributed by atoms with Gasteiger partial charge in [-0.2, -0.15) is 5.26 Å². The molecule has 0 aliphatic carbocycles. The third-order valence-electron chi connectivity index (χ3n) is 3.32. The summed E-state index contributed by atoms with van der Waals surface area (Å²) in [5.41, 5.74) is 0.612. The van der Waals surface area contributed by atoms with Crippen molar-refractivity contribution in [3.63, 3.8) is 0 Å². The molecule has 2 rings (SSSR count). The summed E-state index contributed by atoms with van der Waals surface area (Å²) in [6.45, 7) is 6.23. The largest absolute Gasteiger partial charge is 0.492 e. The second-order valence-electron chi connectivity index (χ2n) is 4.76. The Labute approximate surface area is 115 Å². The topological polar surface area (TPSA) is 48.3 Å². The van der Waals surface area contributed by atoms with E-state index in [1.165, 1.54) is 13.0 Å². The Kier molecular flexibility index (Phi) is 5.67. The Hall–Kier alpha value is -1.57. The van der Waals surface area contributed by atoms with E-state index in [-0.39, 0.29) is 0 Å². The molecule has 19 heavy (non-hydrogen) atoms. The van der Waals surface area contributed by atoms with Gasteiger partial charge in [-0.15, -0.1) is 0 Å². The zero-order valence-corrected chi connectivity index (χ0v) is 11.3. The van der Waals surface area contributed by atoms with Gasteiger partial charge in [0.15, 0.2) is 0 Å². The summed E-state index contributed by atoms with van der Waals surface area (Å²) in [6, 6.07) is 9.55. The molecule has 0 radical (unpaired) electrons. The van der Waals surface area contributed by atoms with Crippen molar-refractivity contribution in [3.05, 3.63) is 29.8 Å². The maximum Gasteiger partial charge on any atom is 0.137 e. The van der Waals surface area contributed by atoms with Gasteiger partial charge in [0.1, 0.15) is 11.8 Å². The van der Waals surface area contributed by atoms with Crippen LogP contribution in [0.2, 0.25) is 0 Å². The van der Waals surface area contributed by atoms with Gasteiger partial charge in [0.05, 0.1) is 12.2 Å². The van der Waals surface area contributed by atoms with Crippen LogP contribution in [0.1, 0.15) is 18.4 Å². The van der Waals surface area contributed by atoms with Crippen LogP contribution in [-0.4, -0.2) is 44.2 Å². The second-order valence-corrected chi connectivity index (χ2v) is 4.76. The van der Waals surface area contributed by atoms with Gasteiger partial charge < -0.3 is 15.0 Å². The summed E-state index contributed by atoms with van der Waals surface area (Å²) < 4.78 is 5.69. The molecule has 0 saturated carbocycles. The number of rotatable bonds is 5. The summed E-state index contributed by atoms with van der Waals surface area (Å²) in [6.07, 6.45) is 2.22. The van der Waals surface area contributed by atoms with Crippen molar-refractivity contribution in [2.24, 2.45) is 0 Å². The minimum atomic E-state index is 0.612. The molecule has 0 bridgehead atoms. The number of ether oxygens (including phenoxy) is 1. The molecule has 1 heterocycles. The number of nitrogens with one attached hydrogen (secondary N) is 1. The van der Waals surface area contributed by atoms with E-state index in [2.05, 4.69) is 16.3 Å². The molecular formula is C15H21N3O. The van der Waals surface area contributed by atoms with Gasteiger partial charge in [-0.1, -0.05) is 12.1 Å². The van der Waals surface area contributed by atoms with Crippen molar-refractivity contribution in [1.82, 2.24) is 10.2 Å². The van der Waals surface area contributed by atoms with Gasteiger partial charge in [0.2, 0.25) is 0 Å². The zero-order valence-electron chi connectivity index (χ0n) is 11.3. The second kappa shape index (κ2) is 7.78. The first-order chi connectivity index (χ1) is 9.40. The Morgan fingerprint density at radius 3 is 3.05 bits per heavy atom. The highest BCUT2D eigenvalue weighted by atomic mass is 16.5. The Bertz CT molecular complexity index is 420. The number of nitriles is 1. The van der Waals surface area contributed by atoms with E-state index in [4.69, 9.17) is 10.00 Å². The highest BCUT2D eigenvalue weighted by Crippen LogP contribution is 2.16. The fourth-order valence-electron chi connectivity index (χ4n) is 2.28. The van der Waals surface area contributed by atoms with Crippen LogP contribution in [0.5, 0.6) is 5.75 Å². The molecule has 0 spiro atoms. The van der Waals surface area contributed by atoms with Crippen molar-refractivity contribution < 1.29 is 4.74 Å². The first-order valence-corrected chi connectivity index (χ1v) is 6.95. The average Bonchev–Trinajstić information content (AvgIpc) is 2.72. The first kappa shape index (κ1) is 13.9. The fraction of sp³-hybridized carbons (Fsp3) is 0.533. The molecule has 4 heteroatoms. The maximum atomic E-state index is 8.96. The molecule has 0 aromatic heterocycles. The highest BCUT2D eigenvalue weighted by molar-refractivity contribution is 5.42. The van der Waals surface area contributed by atoms with Crippen LogP contribution in [0.4, 0.5) is 0 Å². The summed E-state index contributed by atoms with van der Waals surface area (Å²) in [5, 5.41) is 12.4. The standard InChI is InChI=1S/C15H21N3O/c16-13-14-5-1-2-6-15(14)19-12-4-10-18-9-3-7-17-8-11-18/h1-2,5-6,17H,3-4,7-12H2. The van der Waals surface area contributed by atoms with Crippen LogP contribution in [0.15, 0.2) is 24.3 Å². The molecule has 0 amide bonds. The van der Waals surface area contributed by atoms with Gasteiger partial charge in [-0.3, -0.25) is 0 Å². The van der Waals surface area contributed by atoms with Crippen molar-refractivity contribution in [2.75, 3.05) is 39.3 Å². The number of hydrogen-bond acceptors (Lipinski definition) is 4. The smallest absolute Gasteiger partial charge is 0.137 e. The van der Waals surface area contributed by atoms with Crippen LogP contribution < -0.4 is 10.1 Å². The summed E-state index contributed by atoms with van der Waals surface area (Å²) in [7, 11) is 0. The minimum Gasteiger partial charge on any atom is -0.492 e. The van der Waals surface area contributed by atoms with Crippen LogP contribution in [0, 0.1) is 11.3 Å². The molecule has 1 aliphatic heterocycles. The molecule has 0 unspecified atom stereocenters. The summed E-state index contributed by atoms with van der Waals surface area (Å²) in [5.74, 6) is 0.697. The van der Waals surface area contributed by atoms with E-state index in [1.807, 2.05) is 18.2 Å². The lowest BCUT2D eigenvalue weighted by molar-refractivity contribution is 0.243. The Morgan fingerprint density at radius 2 is 2.16 bits per heavy atom. The predicted molar refractivity (Wildman–Crippen MR) is 75.2 cm³/mol. The molecule has 102 valence electrons. The molecule has 1 aliphatic rings. The van der Waals surface area contributed by atoms with Crippen molar-refractivity contribution in [2.45, 2.75) is 12.8 Å². The molecule has 0 atom stereocenters. The van der Waals surface area contributed by atoms with E-state index >= 15 is 0 Å². The first-order valence-electron chi connectivity index (χ1n) is 6.95. The minimum absolute atomic E-state index is 0.612. The molecule has 1 fully saturated rings. The summed E-state index contributed by atoms with van der Waals surface area (Å²) in [4.78, 5) is 2.47. The summed E-state index contributed by atoms with van der Waals surface area (Å²) >= 11 is 0. The SMILES string of the molecule is N#Cc1ccccc1OCCCN1CCCNCC1. The normalized spacial score (nSPS) is 16.6. The maximum absolute atomic E-state index is 8.96. The third kappa shape index (κ3) is 4.55. The monoisotopic (exact) mass is 259 g/mol. The third-order valence-corrected chi connectivity index (χ3v) is 3.32. The molecule has 1 aromatic rings. The van der Waals surface area contributed by atoms with Gasteiger partial charge in [-0.25, -0.2) is 0 Å². The van der Waals surface area contributed by atoms with Crippen molar-refractivity contribution in [1.29, 1.82) is 5.26 Å². The number of hydrogen-bond donors (Lipinski definition) is 1. The van der Waals surface area contributed by atoms with E-state index in [0.29, 0.717) is 17.9 Å². The van der Waals surface area contributed by atoms with E-state index in [0.717, 1.165) is 32.6 Å². The zero-order chi connectivity index (χ0) is 13.3. The molecule has 1 aromatic carbocycles. The predicted octanol–water partition coefficient (Wildman–Crippen LogP) is 1.62. The van der Waals surface area contributed by atoms with Gasteiger partial charge in [0.25, 0.3) is 0 Å². The molecular weight excluding hydrogens is 238 g/mol. The van der Waals surface area contributed by atoms with Gasteiger partial charge >= 0.3 is 0 Å². The van der Waals surface area contributed by atoms with E-state index in [9.17, 15) is 0 Å². The Balaban J connectivity index is 1.70. The van der Waals surface area contributed by atoms with Crippen LogP contribution in [0.3, 0.4) is 0 Å². The molecule has 1 N–H and O–H groups in total. The van der Waals surface area contributed by atoms with Crippen LogP contribution in [-0.2, 0) is 0 Å². The van der Waals surface area contributed by atoms with E-state index in [1.54, 1.807) is 6.07 Å². The number of benzene rings is 1. The van der Waals surface area contributed by atoms with Crippen LogP contribution >= 0.6 is 0 Å². The highest BCUT2D eigenvalue weighted by Gasteiger charge is 2.08. The van der Waals surface area contributed by atoms with Crippen molar-refractivity contribution >= 4 is 0 Å². The lowest BCUT2D eigenvalue weighted by atomic mass is 10.2.